The predicted molar refractivity (Wildman–Crippen MR) is 77.2 cm³/mol. The molecule has 0 radical (unpaired) electrons. The van der Waals surface area contributed by atoms with E-state index in [2.05, 4.69) is 21.2 Å². The van der Waals surface area contributed by atoms with E-state index in [9.17, 15) is 9.90 Å². The molecular weight excluding hydrogens is 318 g/mol. The highest BCUT2D eigenvalue weighted by Crippen LogP contribution is 2.21. The molecule has 0 saturated carbocycles. The highest BCUT2D eigenvalue weighted by molar-refractivity contribution is 9.10. The number of amides is 1. The lowest BCUT2D eigenvalue weighted by Crippen LogP contribution is -2.25. The largest absolute Gasteiger partial charge is 0.507 e. The van der Waals surface area contributed by atoms with Crippen LogP contribution in [-0.2, 0) is 0 Å². The van der Waals surface area contributed by atoms with Crippen LogP contribution in [0.5, 0.6) is 5.75 Å². The summed E-state index contributed by atoms with van der Waals surface area (Å²) in [5.74, 6) is 1.37. The Bertz CT molecular complexity index is 401. The van der Waals surface area contributed by atoms with Gasteiger partial charge in [0.05, 0.1) is 5.56 Å². The number of nitrogens with one attached hydrogen (secondary N) is 1. The highest BCUT2D eigenvalue weighted by atomic mass is 79.9. The molecule has 0 aliphatic carbocycles. The molecule has 6 heteroatoms. The fraction of sp³-hybridized carbons (Fsp3) is 0.417. The van der Waals surface area contributed by atoms with Gasteiger partial charge in [0.25, 0.3) is 5.91 Å². The van der Waals surface area contributed by atoms with E-state index in [1.807, 2.05) is 0 Å². The van der Waals surface area contributed by atoms with Gasteiger partial charge in [0, 0.05) is 23.4 Å². The molecule has 0 aliphatic heterocycles. The Morgan fingerprint density at radius 2 is 2.17 bits per heavy atom. The van der Waals surface area contributed by atoms with Gasteiger partial charge in [-0.2, -0.15) is 11.8 Å². The first kappa shape index (κ1) is 15.3. The Labute approximate surface area is 119 Å². The Hall–Kier alpha value is -0.720. The van der Waals surface area contributed by atoms with Crippen LogP contribution >= 0.6 is 27.7 Å². The molecule has 0 heterocycles. The maximum Gasteiger partial charge on any atom is 0.255 e. The maximum atomic E-state index is 11.7. The lowest BCUT2D eigenvalue weighted by molar-refractivity contribution is 0.0953. The number of benzene rings is 1. The standard InChI is InChI=1S/C12H16BrNO3S/c13-9-2-3-10(11(16)8-9)12(17)14-4-7-18-6-1-5-15/h2-3,8,15-16H,1,4-7H2,(H,14,17). The zero-order chi connectivity index (χ0) is 13.4. The molecule has 1 aromatic rings. The number of carbonyl (C=O) groups is 1. The zero-order valence-corrected chi connectivity index (χ0v) is 12.3. The van der Waals surface area contributed by atoms with Crippen molar-refractivity contribution in [2.24, 2.45) is 0 Å². The Balaban J connectivity index is 2.32. The van der Waals surface area contributed by atoms with Gasteiger partial charge < -0.3 is 15.5 Å². The van der Waals surface area contributed by atoms with E-state index in [0.717, 1.165) is 22.4 Å². The summed E-state index contributed by atoms with van der Waals surface area (Å²) < 4.78 is 0.733. The fourth-order valence-electron chi connectivity index (χ4n) is 1.30. The van der Waals surface area contributed by atoms with Crippen LogP contribution in [0.4, 0.5) is 0 Å². The molecule has 0 atom stereocenters. The van der Waals surface area contributed by atoms with E-state index >= 15 is 0 Å². The lowest BCUT2D eigenvalue weighted by atomic mass is 10.2. The number of hydrogen-bond donors (Lipinski definition) is 3. The van der Waals surface area contributed by atoms with Crippen LogP contribution in [0, 0.1) is 0 Å². The number of phenols is 1. The van der Waals surface area contributed by atoms with Crippen molar-refractivity contribution in [1.82, 2.24) is 5.32 Å². The van der Waals surface area contributed by atoms with Crippen molar-refractivity contribution in [2.45, 2.75) is 6.42 Å². The number of rotatable bonds is 7. The minimum atomic E-state index is -0.275. The van der Waals surface area contributed by atoms with Crippen molar-refractivity contribution in [3.63, 3.8) is 0 Å². The van der Waals surface area contributed by atoms with E-state index < -0.39 is 0 Å². The number of carbonyl (C=O) groups excluding carboxylic acids is 1. The topological polar surface area (TPSA) is 69.6 Å². The summed E-state index contributed by atoms with van der Waals surface area (Å²) in [6, 6.07) is 4.78. The third-order valence-electron chi connectivity index (χ3n) is 2.18. The summed E-state index contributed by atoms with van der Waals surface area (Å²) in [6.45, 7) is 0.747. The average Bonchev–Trinajstić information content (AvgIpc) is 2.33. The molecule has 0 spiro atoms. The molecule has 1 rings (SSSR count). The van der Waals surface area contributed by atoms with Crippen molar-refractivity contribution >= 4 is 33.6 Å². The number of aromatic hydroxyl groups is 1. The highest BCUT2D eigenvalue weighted by Gasteiger charge is 2.10. The van der Waals surface area contributed by atoms with Gasteiger partial charge in [-0.15, -0.1) is 0 Å². The predicted octanol–water partition coefficient (Wildman–Crippen LogP) is 2.00. The minimum absolute atomic E-state index is 0.0326. The first-order valence-electron chi connectivity index (χ1n) is 5.60. The molecule has 0 saturated heterocycles. The van der Waals surface area contributed by atoms with Crippen molar-refractivity contribution in [3.05, 3.63) is 28.2 Å². The maximum absolute atomic E-state index is 11.7. The number of aliphatic hydroxyl groups excluding tert-OH is 1. The zero-order valence-electron chi connectivity index (χ0n) is 9.86. The number of aliphatic hydroxyl groups is 1. The second kappa shape index (κ2) is 8.39. The van der Waals surface area contributed by atoms with Crippen molar-refractivity contribution in [1.29, 1.82) is 0 Å². The van der Waals surface area contributed by atoms with Crippen LogP contribution in [0.2, 0.25) is 0 Å². The number of phenolic OH excluding ortho intramolecular Hbond substituents is 1. The summed E-state index contributed by atoms with van der Waals surface area (Å²) in [4.78, 5) is 11.7. The minimum Gasteiger partial charge on any atom is -0.507 e. The van der Waals surface area contributed by atoms with Gasteiger partial charge in [-0.05, 0) is 30.4 Å². The Morgan fingerprint density at radius 1 is 1.39 bits per heavy atom. The smallest absolute Gasteiger partial charge is 0.255 e. The average molecular weight is 334 g/mol. The monoisotopic (exact) mass is 333 g/mol. The normalized spacial score (nSPS) is 10.3. The Kier molecular flexibility index (Phi) is 7.15. The number of thioether (sulfide) groups is 1. The van der Waals surface area contributed by atoms with E-state index in [1.165, 1.54) is 6.07 Å². The molecule has 0 bridgehead atoms. The number of halogens is 1. The summed E-state index contributed by atoms with van der Waals surface area (Å²) in [5, 5.41) is 20.9. The third-order valence-corrected chi connectivity index (χ3v) is 3.75. The van der Waals surface area contributed by atoms with Gasteiger partial charge in [-0.1, -0.05) is 15.9 Å². The van der Waals surface area contributed by atoms with Gasteiger partial charge in [-0.25, -0.2) is 0 Å². The molecular formula is C12H16BrNO3S. The molecule has 0 fully saturated rings. The summed E-state index contributed by atoms with van der Waals surface area (Å²) in [6.07, 6.45) is 0.770. The number of hydrogen-bond acceptors (Lipinski definition) is 4. The van der Waals surface area contributed by atoms with Gasteiger partial charge in [-0.3, -0.25) is 4.79 Å². The van der Waals surface area contributed by atoms with Crippen molar-refractivity contribution < 1.29 is 15.0 Å². The van der Waals surface area contributed by atoms with E-state index in [4.69, 9.17) is 5.11 Å². The molecule has 1 aromatic carbocycles. The molecule has 0 unspecified atom stereocenters. The van der Waals surface area contributed by atoms with Crippen molar-refractivity contribution in [3.8, 4) is 5.75 Å². The molecule has 1 amide bonds. The van der Waals surface area contributed by atoms with Gasteiger partial charge >= 0.3 is 0 Å². The van der Waals surface area contributed by atoms with Crippen LogP contribution in [-0.4, -0.2) is 40.8 Å². The molecule has 4 nitrogen and oxygen atoms in total. The molecule has 18 heavy (non-hydrogen) atoms. The second-order valence-corrected chi connectivity index (χ2v) is 5.75. The van der Waals surface area contributed by atoms with E-state index in [1.54, 1.807) is 23.9 Å². The molecule has 100 valence electrons. The van der Waals surface area contributed by atoms with Gasteiger partial charge in [0.2, 0.25) is 0 Å². The van der Waals surface area contributed by atoms with E-state index in [-0.39, 0.29) is 23.8 Å². The van der Waals surface area contributed by atoms with Crippen LogP contribution in [0.1, 0.15) is 16.8 Å². The fourth-order valence-corrected chi connectivity index (χ4v) is 2.43. The molecule has 3 N–H and O–H groups in total. The summed E-state index contributed by atoms with van der Waals surface area (Å²) in [5.41, 5.74) is 0.276. The SMILES string of the molecule is O=C(NCCSCCCO)c1ccc(Br)cc1O. The quantitative estimate of drug-likeness (QED) is 0.667. The Morgan fingerprint density at radius 3 is 2.83 bits per heavy atom. The third kappa shape index (κ3) is 5.29. The van der Waals surface area contributed by atoms with Gasteiger partial charge in [0.15, 0.2) is 0 Å². The van der Waals surface area contributed by atoms with Crippen LogP contribution in [0.25, 0.3) is 0 Å². The van der Waals surface area contributed by atoms with Crippen molar-refractivity contribution in [2.75, 3.05) is 24.7 Å². The lowest BCUT2D eigenvalue weighted by Gasteiger charge is -2.07. The first-order chi connectivity index (χ1) is 8.65. The first-order valence-corrected chi connectivity index (χ1v) is 7.55. The molecule has 0 aliphatic rings. The van der Waals surface area contributed by atoms with Crippen LogP contribution in [0.15, 0.2) is 22.7 Å². The van der Waals surface area contributed by atoms with Crippen LogP contribution in [0.3, 0.4) is 0 Å². The summed E-state index contributed by atoms with van der Waals surface area (Å²) >= 11 is 4.89. The summed E-state index contributed by atoms with van der Waals surface area (Å²) in [7, 11) is 0. The molecule has 0 aromatic heterocycles. The van der Waals surface area contributed by atoms with Gasteiger partial charge in [0.1, 0.15) is 5.75 Å². The van der Waals surface area contributed by atoms with Crippen LogP contribution < -0.4 is 5.32 Å². The second-order valence-electron chi connectivity index (χ2n) is 3.61. The van der Waals surface area contributed by atoms with E-state index in [0.29, 0.717) is 6.54 Å².